The number of anilines is 1. The molecule has 0 atom stereocenters. The number of furan rings is 1. The Morgan fingerprint density at radius 1 is 1.12 bits per heavy atom. The Morgan fingerprint density at radius 2 is 1.88 bits per heavy atom. The van der Waals surface area contributed by atoms with Crippen LogP contribution in [0.25, 0.3) is 0 Å². The summed E-state index contributed by atoms with van der Waals surface area (Å²) < 4.78 is 15.9. The Hall–Kier alpha value is -3.37. The first kappa shape index (κ1) is 23.8. The summed E-state index contributed by atoms with van der Waals surface area (Å²) in [5, 5.41) is 5.04. The van der Waals surface area contributed by atoms with Crippen molar-refractivity contribution in [1.29, 1.82) is 0 Å². The van der Waals surface area contributed by atoms with Crippen molar-refractivity contribution in [1.82, 2.24) is 14.8 Å². The van der Waals surface area contributed by atoms with E-state index in [1.54, 1.807) is 27.2 Å². The molecule has 10 heteroatoms. The monoisotopic (exact) mass is 484 g/mol. The van der Waals surface area contributed by atoms with Gasteiger partial charge < -0.3 is 18.8 Å². The molecule has 3 aromatic rings. The van der Waals surface area contributed by atoms with Gasteiger partial charge in [-0.05, 0) is 30.7 Å². The number of aromatic nitrogens is 1. The molecular formula is C24H28N4O5S. The van der Waals surface area contributed by atoms with Gasteiger partial charge in [-0.2, -0.15) is 0 Å². The average Bonchev–Trinajstić information content (AvgIpc) is 3.47. The Morgan fingerprint density at radius 3 is 2.56 bits per heavy atom. The van der Waals surface area contributed by atoms with Crippen LogP contribution in [-0.4, -0.2) is 67.0 Å². The summed E-state index contributed by atoms with van der Waals surface area (Å²) in [7, 11) is 3.25. The zero-order valence-corrected chi connectivity index (χ0v) is 20.3. The molecule has 1 aliphatic heterocycles. The number of nitrogens with zero attached hydrogens (tertiary/aromatic N) is 3. The zero-order chi connectivity index (χ0) is 24.1. The fraction of sp³-hybridized carbons (Fsp3) is 0.375. The van der Waals surface area contributed by atoms with Gasteiger partial charge in [0.1, 0.15) is 5.76 Å². The highest BCUT2D eigenvalue weighted by molar-refractivity contribution is 7.14. The van der Waals surface area contributed by atoms with Crippen LogP contribution in [0.2, 0.25) is 0 Å². The number of carbonyl (C=O) groups excluding carboxylic acids is 2. The van der Waals surface area contributed by atoms with Gasteiger partial charge in [0, 0.05) is 38.1 Å². The number of aryl methyl sites for hydroxylation is 1. The summed E-state index contributed by atoms with van der Waals surface area (Å²) in [6, 6.07) is 7.55. The van der Waals surface area contributed by atoms with Gasteiger partial charge in [0.2, 0.25) is 5.91 Å². The SMILES string of the molecule is COc1ccc(CN2CCN(C(=O)Cc3csc(NC(=O)c4ccoc4C)n3)CC2)cc1OC. The molecule has 3 heterocycles. The van der Waals surface area contributed by atoms with E-state index in [0.29, 0.717) is 46.7 Å². The third-order valence-electron chi connectivity index (χ3n) is 5.79. The lowest BCUT2D eigenvalue weighted by molar-refractivity contribution is -0.132. The molecule has 0 radical (unpaired) electrons. The van der Waals surface area contributed by atoms with Crippen molar-refractivity contribution in [3.8, 4) is 11.5 Å². The molecule has 0 saturated carbocycles. The van der Waals surface area contributed by atoms with Crippen LogP contribution in [0.3, 0.4) is 0 Å². The Bertz CT molecular complexity index is 1150. The predicted octanol–water partition coefficient (Wildman–Crippen LogP) is 3.20. The van der Waals surface area contributed by atoms with Crippen LogP contribution in [0.5, 0.6) is 11.5 Å². The topological polar surface area (TPSA) is 97.1 Å². The largest absolute Gasteiger partial charge is 0.493 e. The van der Waals surface area contributed by atoms with Crippen LogP contribution in [-0.2, 0) is 17.8 Å². The van der Waals surface area contributed by atoms with Crippen molar-refractivity contribution in [3.63, 3.8) is 0 Å². The van der Waals surface area contributed by atoms with Crippen molar-refractivity contribution in [2.75, 3.05) is 45.7 Å². The van der Waals surface area contributed by atoms with E-state index in [0.717, 1.165) is 25.2 Å². The minimum Gasteiger partial charge on any atom is -0.493 e. The van der Waals surface area contributed by atoms with Crippen molar-refractivity contribution < 1.29 is 23.5 Å². The van der Waals surface area contributed by atoms with Crippen LogP contribution < -0.4 is 14.8 Å². The smallest absolute Gasteiger partial charge is 0.260 e. The quantitative estimate of drug-likeness (QED) is 0.524. The highest BCUT2D eigenvalue weighted by Crippen LogP contribution is 2.28. The number of hydrogen-bond acceptors (Lipinski definition) is 8. The lowest BCUT2D eigenvalue weighted by Gasteiger charge is -2.34. The van der Waals surface area contributed by atoms with Gasteiger partial charge in [-0.25, -0.2) is 4.98 Å². The molecule has 2 amide bonds. The minimum absolute atomic E-state index is 0.0413. The van der Waals surface area contributed by atoms with E-state index in [1.807, 2.05) is 28.5 Å². The van der Waals surface area contributed by atoms with Gasteiger partial charge in [-0.3, -0.25) is 19.8 Å². The summed E-state index contributed by atoms with van der Waals surface area (Å²) in [4.78, 5) is 33.7. The molecule has 0 spiro atoms. The van der Waals surface area contributed by atoms with Crippen LogP contribution >= 0.6 is 11.3 Å². The number of benzene rings is 1. The second-order valence-corrected chi connectivity index (χ2v) is 8.87. The highest BCUT2D eigenvalue weighted by atomic mass is 32.1. The first-order valence-electron chi connectivity index (χ1n) is 11.0. The number of methoxy groups -OCH3 is 2. The van der Waals surface area contributed by atoms with E-state index < -0.39 is 0 Å². The summed E-state index contributed by atoms with van der Waals surface area (Å²) in [6.07, 6.45) is 1.69. The van der Waals surface area contributed by atoms with E-state index in [9.17, 15) is 9.59 Å². The maximum absolute atomic E-state index is 12.8. The van der Waals surface area contributed by atoms with Gasteiger partial charge in [-0.15, -0.1) is 11.3 Å². The Kier molecular flexibility index (Phi) is 7.49. The third-order valence-corrected chi connectivity index (χ3v) is 6.59. The minimum atomic E-state index is -0.274. The summed E-state index contributed by atoms with van der Waals surface area (Å²) in [5.74, 6) is 1.74. The molecule has 2 aromatic heterocycles. The molecule has 34 heavy (non-hydrogen) atoms. The molecule has 1 aromatic carbocycles. The van der Waals surface area contributed by atoms with Crippen LogP contribution in [0.1, 0.15) is 27.4 Å². The summed E-state index contributed by atoms with van der Waals surface area (Å²) >= 11 is 1.31. The van der Waals surface area contributed by atoms with Crippen molar-refractivity contribution in [3.05, 3.63) is 58.5 Å². The normalized spacial score (nSPS) is 14.1. The van der Waals surface area contributed by atoms with Gasteiger partial charge in [0.05, 0.1) is 38.2 Å². The number of rotatable bonds is 8. The van der Waals surface area contributed by atoms with Gasteiger partial charge in [0.15, 0.2) is 16.6 Å². The van der Waals surface area contributed by atoms with Crippen LogP contribution in [0.4, 0.5) is 5.13 Å². The molecule has 1 saturated heterocycles. The number of amides is 2. The maximum Gasteiger partial charge on any atom is 0.260 e. The second-order valence-electron chi connectivity index (χ2n) is 8.01. The number of nitrogens with one attached hydrogen (secondary N) is 1. The molecule has 0 unspecified atom stereocenters. The fourth-order valence-electron chi connectivity index (χ4n) is 3.89. The molecule has 1 fully saturated rings. The Balaban J connectivity index is 1.26. The molecule has 9 nitrogen and oxygen atoms in total. The lowest BCUT2D eigenvalue weighted by Crippen LogP contribution is -2.48. The van der Waals surface area contributed by atoms with E-state index in [1.165, 1.54) is 17.6 Å². The number of piperazine rings is 1. The molecule has 4 rings (SSSR count). The van der Waals surface area contributed by atoms with E-state index in [-0.39, 0.29) is 18.2 Å². The first-order valence-corrected chi connectivity index (χ1v) is 11.9. The van der Waals surface area contributed by atoms with Crippen molar-refractivity contribution in [2.45, 2.75) is 19.9 Å². The van der Waals surface area contributed by atoms with E-state index in [4.69, 9.17) is 13.9 Å². The molecule has 0 aliphatic carbocycles. The molecule has 1 aliphatic rings. The lowest BCUT2D eigenvalue weighted by atomic mass is 10.1. The van der Waals surface area contributed by atoms with Crippen LogP contribution in [0.15, 0.2) is 40.3 Å². The third kappa shape index (κ3) is 5.57. The number of hydrogen-bond donors (Lipinski definition) is 1. The summed E-state index contributed by atoms with van der Waals surface area (Å²) in [5.41, 5.74) is 2.26. The fourth-order valence-corrected chi connectivity index (χ4v) is 4.60. The van der Waals surface area contributed by atoms with Gasteiger partial charge in [-0.1, -0.05) is 6.07 Å². The highest BCUT2D eigenvalue weighted by Gasteiger charge is 2.22. The number of carbonyl (C=O) groups is 2. The number of ether oxygens (including phenoxy) is 2. The summed E-state index contributed by atoms with van der Waals surface area (Å²) in [6.45, 7) is 5.44. The van der Waals surface area contributed by atoms with Gasteiger partial charge >= 0.3 is 0 Å². The van der Waals surface area contributed by atoms with Gasteiger partial charge in [0.25, 0.3) is 5.91 Å². The molecule has 0 bridgehead atoms. The zero-order valence-electron chi connectivity index (χ0n) is 19.5. The maximum atomic E-state index is 12.8. The molecular weight excluding hydrogens is 456 g/mol. The number of thiazole rings is 1. The molecule has 180 valence electrons. The Labute approximate surface area is 202 Å². The van der Waals surface area contributed by atoms with E-state index in [2.05, 4.69) is 15.2 Å². The second kappa shape index (κ2) is 10.7. The average molecular weight is 485 g/mol. The molecule has 1 N–H and O–H groups in total. The predicted molar refractivity (Wildman–Crippen MR) is 129 cm³/mol. The van der Waals surface area contributed by atoms with E-state index >= 15 is 0 Å². The first-order chi connectivity index (χ1) is 16.5. The van der Waals surface area contributed by atoms with Crippen LogP contribution in [0, 0.1) is 6.92 Å². The van der Waals surface area contributed by atoms with Crippen molar-refractivity contribution in [2.24, 2.45) is 0 Å². The standard InChI is InChI=1S/C24H28N4O5S/c1-16-19(6-11-33-16)23(30)26-24-25-18(15-34-24)13-22(29)28-9-7-27(8-10-28)14-17-4-5-20(31-2)21(12-17)32-3/h4-6,11-12,15H,7-10,13-14H2,1-3H3,(H,25,26,30). The van der Waals surface area contributed by atoms with Crippen molar-refractivity contribution >= 4 is 28.3 Å².